The van der Waals surface area contributed by atoms with Crippen molar-refractivity contribution in [2.45, 2.75) is 32.6 Å². The molecule has 2 aromatic carbocycles. The van der Waals surface area contributed by atoms with Gasteiger partial charge in [0.2, 0.25) is 0 Å². The minimum absolute atomic E-state index is 0.0296. The SMILES string of the molecule is CN(C)c1ccc(C2C3=C(CC(C)(C)CC3=O)Nc3ccc4ncccc4c32)cc1. The molecule has 3 aromatic rings. The van der Waals surface area contributed by atoms with Gasteiger partial charge in [-0.3, -0.25) is 9.78 Å². The molecule has 5 rings (SSSR count). The maximum atomic E-state index is 13.4. The monoisotopic (exact) mass is 397 g/mol. The molecule has 0 amide bonds. The number of fused-ring (bicyclic) bond motifs is 3. The van der Waals surface area contributed by atoms with Gasteiger partial charge in [0.15, 0.2) is 5.78 Å². The van der Waals surface area contributed by atoms with Gasteiger partial charge in [0.25, 0.3) is 0 Å². The summed E-state index contributed by atoms with van der Waals surface area (Å²) in [5.41, 5.74) is 7.48. The highest BCUT2D eigenvalue weighted by Gasteiger charge is 2.41. The molecule has 0 saturated carbocycles. The first kappa shape index (κ1) is 18.9. The van der Waals surface area contributed by atoms with Crippen molar-refractivity contribution in [3.63, 3.8) is 0 Å². The van der Waals surface area contributed by atoms with Crippen molar-refractivity contribution >= 4 is 28.1 Å². The van der Waals surface area contributed by atoms with Crippen molar-refractivity contribution in [2.24, 2.45) is 5.41 Å². The number of Topliss-reactive ketones (excluding diaryl/α,β-unsaturated/α-hetero) is 1. The second-order valence-corrected chi connectivity index (χ2v) is 9.47. The molecular weight excluding hydrogens is 370 g/mol. The maximum Gasteiger partial charge on any atom is 0.162 e. The fourth-order valence-electron chi connectivity index (χ4n) is 4.98. The molecule has 4 heteroatoms. The summed E-state index contributed by atoms with van der Waals surface area (Å²) < 4.78 is 0. The number of hydrogen-bond donors (Lipinski definition) is 1. The van der Waals surface area contributed by atoms with Crippen LogP contribution >= 0.6 is 0 Å². The van der Waals surface area contributed by atoms with Crippen LogP contribution in [0.2, 0.25) is 0 Å². The quantitative estimate of drug-likeness (QED) is 0.620. The summed E-state index contributed by atoms with van der Waals surface area (Å²) in [5.74, 6) is 0.172. The molecule has 1 unspecified atom stereocenters. The first-order valence-electron chi connectivity index (χ1n) is 10.5. The Hall–Kier alpha value is -3.14. The van der Waals surface area contributed by atoms with E-state index in [1.54, 1.807) is 0 Å². The van der Waals surface area contributed by atoms with E-state index in [1.165, 1.54) is 0 Å². The summed E-state index contributed by atoms with van der Waals surface area (Å²) >= 11 is 0. The largest absolute Gasteiger partial charge is 0.378 e. The van der Waals surface area contributed by atoms with E-state index in [4.69, 9.17) is 0 Å². The first-order valence-corrected chi connectivity index (χ1v) is 10.5. The van der Waals surface area contributed by atoms with Gasteiger partial charge in [-0.05, 0) is 53.3 Å². The Labute approximate surface area is 177 Å². The normalized spacial score (nSPS) is 19.9. The van der Waals surface area contributed by atoms with Crippen LogP contribution in [0.25, 0.3) is 10.9 Å². The second kappa shape index (κ2) is 6.69. The van der Waals surface area contributed by atoms with Crippen molar-refractivity contribution in [2.75, 3.05) is 24.3 Å². The number of nitrogens with one attached hydrogen (secondary N) is 1. The van der Waals surface area contributed by atoms with E-state index >= 15 is 0 Å². The van der Waals surface area contributed by atoms with Crippen LogP contribution in [-0.2, 0) is 4.79 Å². The van der Waals surface area contributed by atoms with Crippen LogP contribution in [0.15, 0.2) is 66.0 Å². The molecule has 0 bridgehead atoms. The van der Waals surface area contributed by atoms with Crippen molar-refractivity contribution in [3.8, 4) is 0 Å². The Morgan fingerprint density at radius 3 is 2.53 bits per heavy atom. The lowest BCUT2D eigenvalue weighted by atomic mass is 9.68. The highest BCUT2D eigenvalue weighted by molar-refractivity contribution is 6.04. The summed E-state index contributed by atoms with van der Waals surface area (Å²) in [7, 11) is 4.09. The van der Waals surface area contributed by atoms with Crippen LogP contribution in [0.4, 0.5) is 11.4 Å². The molecule has 0 spiro atoms. The molecule has 0 saturated heterocycles. The smallest absolute Gasteiger partial charge is 0.162 e. The van der Waals surface area contributed by atoms with Crippen LogP contribution in [0.3, 0.4) is 0 Å². The molecule has 2 aliphatic rings. The summed E-state index contributed by atoms with van der Waals surface area (Å²) in [5, 5.41) is 4.73. The maximum absolute atomic E-state index is 13.4. The third kappa shape index (κ3) is 2.98. The Kier molecular flexibility index (Phi) is 4.21. The molecule has 1 N–H and O–H groups in total. The number of aromatic nitrogens is 1. The number of allylic oxidation sites excluding steroid dienone is 2. The van der Waals surface area contributed by atoms with Gasteiger partial charge >= 0.3 is 0 Å². The summed E-state index contributed by atoms with van der Waals surface area (Å²) in [6.45, 7) is 4.36. The standard InChI is InChI=1S/C26H27N3O/c1-26(2)14-21-25(22(30)15-26)23(16-7-9-17(10-8-16)29(3)4)24-18-6-5-13-27-19(18)11-12-20(24)28-21/h5-13,23,28H,14-15H2,1-4H3. The van der Waals surface area contributed by atoms with Crippen LogP contribution in [0.1, 0.15) is 43.7 Å². The van der Waals surface area contributed by atoms with Gasteiger partial charge in [0.05, 0.1) is 5.52 Å². The highest BCUT2D eigenvalue weighted by atomic mass is 16.1. The predicted molar refractivity (Wildman–Crippen MR) is 123 cm³/mol. The molecule has 152 valence electrons. The fraction of sp³-hybridized carbons (Fsp3) is 0.308. The average Bonchev–Trinajstić information content (AvgIpc) is 2.71. The molecule has 1 atom stereocenters. The van der Waals surface area contributed by atoms with Crippen molar-refractivity contribution < 1.29 is 4.79 Å². The molecule has 1 aliphatic carbocycles. The average molecular weight is 398 g/mol. The van der Waals surface area contributed by atoms with E-state index in [-0.39, 0.29) is 17.1 Å². The lowest BCUT2D eigenvalue weighted by Gasteiger charge is -2.40. The van der Waals surface area contributed by atoms with Gasteiger partial charge in [-0.1, -0.05) is 32.0 Å². The zero-order chi connectivity index (χ0) is 21.0. The lowest BCUT2D eigenvalue weighted by Crippen LogP contribution is -2.33. The Morgan fingerprint density at radius 2 is 1.80 bits per heavy atom. The topological polar surface area (TPSA) is 45.2 Å². The number of carbonyl (C=O) groups is 1. The Balaban J connectivity index is 1.77. The van der Waals surface area contributed by atoms with Crippen molar-refractivity contribution in [1.82, 2.24) is 4.98 Å². The number of rotatable bonds is 2. The van der Waals surface area contributed by atoms with E-state index in [0.29, 0.717) is 6.42 Å². The van der Waals surface area contributed by atoms with Crippen molar-refractivity contribution in [3.05, 3.63) is 77.1 Å². The van der Waals surface area contributed by atoms with E-state index in [2.05, 4.69) is 71.5 Å². The van der Waals surface area contributed by atoms with E-state index in [9.17, 15) is 4.79 Å². The second-order valence-electron chi connectivity index (χ2n) is 9.47. The van der Waals surface area contributed by atoms with Gasteiger partial charge in [0, 0.05) is 60.7 Å². The van der Waals surface area contributed by atoms with E-state index in [1.807, 2.05) is 26.4 Å². The van der Waals surface area contributed by atoms with Crippen LogP contribution in [0.5, 0.6) is 0 Å². The third-order valence-corrected chi connectivity index (χ3v) is 6.35. The predicted octanol–water partition coefficient (Wildman–Crippen LogP) is 5.50. The molecule has 30 heavy (non-hydrogen) atoms. The number of hydrogen-bond acceptors (Lipinski definition) is 4. The van der Waals surface area contributed by atoms with Crippen LogP contribution < -0.4 is 10.2 Å². The molecule has 0 radical (unpaired) electrons. The van der Waals surface area contributed by atoms with Gasteiger partial charge in [-0.2, -0.15) is 0 Å². The number of benzene rings is 2. The van der Waals surface area contributed by atoms with Crippen LogP contribution in [0, 0.1) is 5.41 Å². The number of carbonyl (C=O) groups excluding carboxylic acids is 1. The van der Waals surface area contributed by atoms with Gasteiger partial charge in [-0.15, -0.1) is 0 Å². The Bertz CT molecular complexity index is 1190. The number of anilines is 2. The number of nitrogens with zero attached hydrogens (tertiary/aromatic N) is 2. The van der Waals surface area contributed by atoms with Crippen LogP contribution in [-0.4, -0.2) is 24.9 Å². The number of ketones is 1. The van der Waals surface area contributed by atoms with E-state index < -0.39 is 0 Å². The minimum Gasteiger partial charge on any atom is -0.378 e. The zero-order valence-corrected chi connectivity index (χ0v) is 18.0. The first-order chi connectivity index (χ1) is 14.3. The molecule has 4 nitrogen and oxygen atoms in total. The summed E-state index contributed by atoms with van der Waals surface area (Å²) in [6.07, 6.45) is 3.29. The molecule has 1 aromatic heterocycles. The summed E-state index contributed by atoms with van der Waals surface area (Å²) in [4.78, 5) is 20.1. The molecular formula is C26H27N3O. The number of pyridine rings is 1. The zero-order valence-electron chi connectivity index (χ0n) is 18.0. The van der Waals surface area contributed by atoms with Crippen molar-refractivity contribution in [1.29, 1.82) is 0 Å². The van der Waals surface area contributed by atoms with Gasteiger partial charge < -0.3 is 10.2 Å². The lowest BCUT2D eigenvalue weighted by molar-refractivity contribution is -0.118. The molecule has 1 aliphatic heterocycles. The highest BCUT2D eigenvalue weighted by Crippen LogP contribution is 2.50. The van der Waals surface area contributed by atoms with E-state index in [0.717, 1.165) is 51.1 Å². The van der Waals surface area contributed by atoms with Gasteiger partial charge in [-0.25, -0.2) is 0 Å². The summed E-state index contributed by atoms with van der Waals surface area (Å²) in [6, 6.07) is 16.9. The van der Waals surface area contributed by atoms with Gasteiger partial charge in [0.1, 0.15) is 0 Å². The fourth-order valence-corrected chi connectivity index (χ4v) is 4.98. The molecule has 2 heterocycles. The third-order valence-electron chi connectivity index (χ3n) is 6.35. The minimum atomic E-state index is -0.0797. The molecule has 0 fully saturated rings. The Morgan fingerprint density at radius 1 is 1.03 bits per heavy atom.